The predicted molar refractivity (Wildman–Crippen MR) is 142 cm³/mol. The molecule has 5 rings (SSSR count). The van der Waals surface area contributed by atoms with Gasteiger partial charge < -0.3 is 9.80 Å². The molecule has 5 aromatic rings. The Balaban J connectivity index is 1.70. The second-order valence-corrected chi connectivity index (χ2v) is 8.13. The van der Waals surface area contributed by atoms with Gasteiger partial charge >= 0.3 is 5.69 Å². The summed E-state index contributed by atoms with van der Waals surface area (Å²) in [6.45, 7) is 2.79. The summed E-state index contributed by atoms with van der Waals surface area (Å²) in [5, 5.41) is 14.6. The number of fused-ring (bicyclic) bond motifs is 1. The fourth-order valence-electron chi connectivity index (χ4n) is 4.34. The number of pyridine rings is 1. The highest BCUT2D eigenvalue weighted by Gasteiger charge is 2.32. The first-order valence-corrected chi connectivity index (χ1v) is 11.6. The summed E-state index contributed by atoms with van der Waals surface area (Å²) in [7, 11) is 0. The largest absolute Gasteiger partial charge is 0.354 e. The summed E-state index contributed by atoms with van der Waals surface area (Å²) >= 11 is 0. The summed E-state index contributed by atoms with van der Waals surface area (Å²) in [5.41, 5.74) is 1.64. The first-order chi connectivity index (χ1) is 17.7. The van der Waals surface area contributed by atoms with Gasteiger partial charge in [0.15, 0.2) is 0 Å². The number of anilines is 4. The highest BCUT2D eigenvalue weighted by Crippen LogP contribution is 2.41. The maximum Gasteiger partial charge on any atom is 0.354 e. The van der Waals surface area contributed by atoms with Gasteiger partial charge in [-0.25, -0.2) is 15.0 Å². The van der Waals surface area contributed by atoms with Gasteiger partial charge in [0.05, 0.1) is 17.2 Å². The van der Waals surface area contributed by atoms with Gasteiger partial charge in [0, 0.05) is 18.1 Å². The van der Waals surface area contributed by atoms with Crippen molar-refractivity contribution in [1.82, 2.24) is 15.0 Å². The number of rotatable bonds is 8. The van der Waals surface area contributed by atoms with E-state index < -0.39 is 4.92 Å². The lowest BCUT2D eigenvalue weighted by Crippen LogP contribution is -2.24. The molecule has 2 aromatic heterocycles. The van der Waals surface area contributed by atoms with E-state index in [-0.39, 0.29) is 17.3 Å². The van der Waals surface area contributed by atoms with Gasteiger partial charge in [-0.15, -0.1) is 0 Å². The summed E-state index contributed by atoms with van der Waals surface area (Å²) in [6, 6.07) is 29.1. The Labute approximate surface area is 208 Å². The van der Waals surface area contributed by atoms with Gasteiger partial charge in [0.25, 0.3) is 0 Å². The molecule has 0 atom stereocenters. The maximum absolute atomic E-state index is 12.6. The van der Waals surface area contributed by atoms with E-state index in [0.29, 0.717) is 18.9 Å². The van der Waals surface area contributed by atoms with Crippen molar-refractivity contribution in [2.75, 3.05) is 16.3 Å². The molecule has 0 spiro atoms. The minimum absolute atomic E-state index is 0.172. The van der Waals surface area contributed by atoms with Crippen LogP contribution in [0.2, 0.25) is 0 Å². The van der Waals surface area contributed by atoms with Crippen molar-refractivity contribution in [1.29, 1.82) is 0 Å². The molecule has 0 aliphatic heterocycles. The van der Waals surface area contributed by atoms with Gasteiger partial charge in [-0.1, -0.05) is 72.8 Å². The van der Waals surface area contributed by atoms with E-state index in [9.17, 15) is 10.1 Å². The van der Waals surface area contributed by atoms with Crippen LogP contribution in [0.5, 0.6) is 0 Å². The van der Waals surface area contributed by atoms with E-state index >= 15 is 0 Å². The van der Waals surface area contributed by atoms with Crippen LogP contribution in [-0.4, -0.2) is 26.4 Å². The summed E-state index contributed by atoms with van der Waals surface area (Å²) in [4.78, 5) is 29.1. The molecule has 0 amide bonds. The monoisotopic (exact) mass is 476 g/mol. The van der Waals surface area contributed by atoms with Crippen molar-refractivity contribution in [3.05, 3.63) is 119 Å². The Hall–Kier alpha value is -4.85. The normalized spacial score (nSPS) is 10.8. The standard InChI is InChI=1S/C28H24N6O2/c1-2-32(24-16-10-14-22-13-6-7-15-23(22)24)27-26(34(35)36)28(31-20-30-27)33(25-17-8-9-18-29-25)19-21-11-4-3-5-12-21/h3-18,20H,2,19H2,1H3. The minimum atomic E-state index is -0.403. The van der Waals surface area contributed by atoms with Crippen molar-refractivity contribution < 1.29 is 4.92 Å². The minimum Gasteiger partial charge on any atom is -0.320 e. The van der Waals surface area contributed by atoms with Crippen LogP contribution in [0.25, 0.3) is 10.8 Å². The van der Waals surface area contributed by atoms with Crippen LogP contribution in [0.15, 0.2) is 104 Å². The fraction of sp³-hybridized carbons (Fsp3) is 0.107. The van der Waals surface area contributed by atoms with Crippen LogP contribution < -0.4 is 9.80 Å². The number of nitro groups is 1. The molecule has 0 aliphatic carbocycles. The van der Waals surface area contributed by atoms with E-state index in [1.54, 1.807) is 11.1 Å². The molecule has 8 nitrogen and oxygen atoms in total. The van der Waals surface area contributed by atoms with Gasteiger partial charge in [-0.05, 0) is 36.1 Å². The van der Waals surface area contributed by atoms with Crippen LogP contribution in [0.4, 0.5) is 28.8 Å². The van der Waals surface area contributed by atoms with Crippen molar-refractivity contribution in [2.45, 2.75) is 13.5 Å². The number of hydrogen-bond acceptors (Lipinski definition) is 7. The molecule has 0 N–H and O–H groups in total. The quantitative estimate of drug-likeness (QED) is 0.188. The predicted octanol–water partition coefficient (Wildman–Crippen LogP) is 6.43. The number of aromatic nitrogens is 3. The molecule has 0 bridgehead atoms. The zero-order valence-corrected chi connectivity index (χ0v) is 19.7. The maximum atomic E-state index is 12.6. The molecule has 0 radical (unpaired) electrons. The molecule has 0 aliphatic rings. The van der Waals surface area contributed by atoms with Gasteiger partial charge in [0.2, 0.25) is 11.6 Å². The van der Waals surface area contributed by atoms with Gasteiger partial charge in [0.1, 0.15) is 12.1 Å². The molecule has 0 unspecified atom stereocenters. The fourth-order valence-corrected chi connectivity index (χ4v) is 4.34. The molecule has 0 fully saturated rings. The van der Waals surface area contributed by atoms with Crippen molar-refractivity contribution >= 4 is 39.6 Å². The lowest BCUT2D eigenvalue weighted by molar-refractivity contribution is -0.383. The molecule has 0 saturated carbocycles. The molecule has 178 valence electrons. The number of benzene rings is 3. The van der Waals surface area contributed by atoms with Crippen LogP contribution in [0.1, 0.15) is 12.5 Å². The second kappa shape index (κ2) is 10.2. The topological polar surface area (TPSA) is 88.3 Å². The van der Waals surface area contributed by atoms with Crippen molar-refractivity contribution in [3.63, 3.8) is 0 Å². The summed E-state index contributed by atoms with van der Waals surface area (Å²) in [6.07, 6.45) is 3.04. The highest BCUT2D eigenvalue weighted by atomic mass is 16.6. The molecule has 36 heavy (non-hydrogen) atoms. The summed E-state index contributed by atoms with van der Waals surface area (Å²) in [5.74, 6) is 0.978. The zero-order valence-electron chi connectivity index (χ0n) is 19.7. The molecule has 0 saturated heterocycles. The molecular formula is C28H24N6O2. The number of hydrogen-bond donors (Lipinski definition) is 0. The lowest BCUT2D eigenvalue weighted by atomic mass is 10.1. The van der Waals surface area contributed by atoms with E-state index in [2.05, 4.69) is 15.0 Å². The van der Waals surface area contributed by atoms with Gasteiger partial charge in [-0.2, -0.15) is 0 Å². The molecule has 2 heterocycles. The van der Waals surface area contributed by atoms with E-state index in [4.69, 9.17) is 0 Å². The zero-order chi connectivity index (χ0) is 24.9. The Morgan fingerprint density at radius 1 is 0.778 bits per heavy atom. The molecule has 3 aromatic carbocycles. The van der Waals surface area contributed by atoms with Crippen molar-refractivity contribution in [3.8, 4) is 0 Å². The second-order valence-electron chi connectivity index (χ2n) is 8.13. The van der Waals surface area contributed by atoms with Crippen molar-refractivity contribution in [2.24, 2.45) is 0 Å². The van der Waals surface area contributed by atoms with Crippen LogP contribution in [0.3, 0.4) is 0 Å². The van der Waals surface area contributed by atoms with Crippen LogP contribution >= 0.6 is 0 Å². The van der Waals surface area contributed by atoms with E-state index in [1.807, 2.05) is 103 Å². The average Bonchev–Trinajstić information content (AvgIpc) is 2.93. The smallest absolute Gasteiger partial charge is 0.320 e. The third-order valence-electron chi connectivity index (χ3n) is 5.96. The third kappa shape index (κ3) is 4.44. The Bertz CT molecular complexity index is 1490. The first-order valence-electron chi connectivity index (χ1n) is 11.6. The Morgan fingerprint density at radius 3 is 2.19 bits per heavy atom. The highest BCUT2D eigenvalue weighted by molar-refractivity contribution is 5.97. The number of nitrogens with zero attached hydrogens (tertiary/aromatic N) is 6. The Morgan fingerprint density at radius 2 is 1.47 bits per heavy atom. The van der Waals surface area contributed by atoms with E-state index in [0.717, 1.165) is 22.0 Å². The van der Waals surface area contributed by atoms with Crippen LogP contribution in [-0.2, 0) is 6.54 Å². The van der Waals surface area contributed by atoms with Crippen LogP contribution in [0, 0.1) is 10.1 Å². The van der Waals surface area contributed by atoms with E-state index in [1.165, 1.54) is 6.33 Å². The lowest BCUT2D eigenvalue weighted by Gasteiger charge is -2.26. The first kappa shape index (κ1) is 22.9. The van der Waals surface area contributed by atoms with Gasteiger partial charge in [-0.3, -0.25) is 10.1 Å². The summed E-state index contributed by atoms with van der Waals surface area (Å²) < 4.78 is 0. The molecular weight excluding hydrogens is 452 g/mol. The Kier molecular flexibility index (Phi) is 6.48. The SMILES string of the molecule is CCN(c1ncnc(N(Cc2ccccc2)c2ccccn2)c1[N+](=O)[O-])c1cccc2ccccc12. The molecule has 8 heteroatoms. The average molecular weight is 477 g/mol. The third-order valence-corrected chi connectivity index (χ3v) is 5.96.